The molecule has 70 valence electrons. The molecule has 0 aromatic rings. The molecule has 1 heterocycles. The number of ether oxygens (including phenoxy) is 1. The van der Waals surface area contributed by atoms with Crippen LogP contribution in [0.3, 0.4) is 0 Å². The average molecular weight is 173 g/mol. The van der Waals surface area contributed by atoms with E-state index in [1.165, 1.54) is 0 Å². The molecule has 4 heteroatoms. The fourth-order valence-electron chi connectivity index (χ4n) is 1.22. The summed E-state index contributed by atoms with van der Waals surface area (Å²) in [6.07, 6.45) is 2.55. The van der Waals surface area contributed by atoms with Gasteiger partial charge in [-0.1, -0.05) is 0 Å². The van der Waals surface area contributed by atoms with Crippen LogP contribution in [0.15, 0.2) is 0 Å². The van der Waals surface area contributed by atoms with Crippen molar-refractivity contribution in [1.82, 2.24) is 4.90 Å². The number of nitrogens with zero attached hydrogens (tertiary/aromatic N) is 1. The van der Waals surface area contributed by atoms with Crippen molar-refractivity contribution >= 4 is 6.09 Å². The summed E-state index contributed by atoms with van der Waals surface area (Å²) in [5.74, 6) is 0. The Morgan fingerprint density at radius 2 is 2.25 bits per heavy atom. The zero-order valence-corrected chi connectivity index (χ0v) is 7.16. The highest BCUT2D eigenvalue weighted by atomic mass is 16.6. The summed E-state index contributed by atoms with van der Waals surface area (Å²) in [7, 11) is 0. The molecule has 1 rings (SSSR count). The van der Waals surface area contributed by atoms with Crippen LogP contribution in [-0.4, -0.2) is 42.4 Å². The highest BCUT2D eigenvalue weighted by Gasteiger charge is 2.20. The van der Waals surface area contributed by atoms with Crippen molar-refractivity contribution in [3.8, 4) is 0 Å². The summed E-state index contributed by atoms with van der Waals surface area (Å²) in [6.45, 7) is 2.25. The summed E-state index contributed by atoms with van der Waals surface area (Å²) in [5.41, 5.74) is 0. The van der Waals surface area contributed by atoms with Crippen LogP contribution in [-0.2, 0) is 4.74 Å². The van der Waals surface area contributed by atoms with E-state index >= 15 is 0 Å². The molecule has 0 aromatic heterocycles. The Hall–Kier alpha value is -0.770. The number of carbonyl (C=O) groups excluding carboxylic acids is 1. The first-order chi connectivity index (χ1) is 5.84. The van der Waals surface area contributed by atoms with Gasteiger partial charge in [0.1, 0.15) is 6.61 Å². The summed E-state index contributed by atoms with van der Waals surface area (Å²) >= 11 is 0. The second-order valence-corrected chi connectivity index (χ2v) is 2.89. The molecule has 1 aliphatic heterocycles. The number of aliphatic hydroxyl groups is 1. The predicted octanol–water partition coefficient (Wildman–Crippen LogP) is 0.601. The smallest absolute Gasteiger partial charge is 0.409 e. The van der Waals surface area contributed by atoms with Crippen LogP contribution in [0.25, 0.3) is 0 Å². The van der Waals surface area contributed by atoms with Crippen molar-refractivity contribution in [3.05, 3.63) is 0 Å². The van der Waals surface area contributed by atoms with Gasteiger partial charge in [-0.2, -0.15) is 0 Å². The lowest BCUT2D eigenvalue weighted by Crippen LogP contribution is -2.25. The first-order valence-corrected chi connectivity index (χ1v) is 4.37. The normalized spacial score (nSPS) is 16.8. The van der Waals surface area contributed by atoms with Crippen molar-refractivity contribution in [3.63, 3.8) is 0 Å². The molecule has 0 atom stereocenters. The van der Waals surface area contributed by atoms with E-state index in [9.17, 15) is 4.79 Å². The Kier molecular flexibility index (Phi) is 3.87. The van der Waals surface area contributed by atoms with E-state index in [4.69, 9.17) is 9.84 Å². The van der Waals surface area contributed by atoms with Gasteiger partial charge >= 0.3 is 6.09 Å². The number of amides is 1. The Balaban J connectivity index is 2.02. The van der Waals surface area contributed by atoms with Gasteiger partial charge in [-0.15, -0.1) is 0 Å². The van der Waals surface area contributed by atoms with E-state index in [1.54, 1.807) is 4.90 Å². The third kappa shape index (κ3) is 2.70. The zero-order chi connectivity index (χ0) is 8.81. The van der Waals surface area contributed by atoms with Crippen LogP contribution in [0.1, 0.15) is 19.3 Å². The number of rotatable bonds is 5. The van der Waals surface area contributed by atoms with Gasteiger partial charge in [0.05, 0.1) is 6.54 Å². The fraction of sp³-hybridized carbons (Fsp3) is 0.875. The lowest BCUT2D eigenvalue weighted by Gasteiger charge is -2.11. The van der Waals surface area contributed by atoms with Crippen molar-refractivity contribution in [1.29, 1.82) is 0 Å². The third-order valence-corrected chi connectivity index (χ3v) is 1.93. The largest absolute Gasteiger partial charge is 0.448 e. The number of hydrogen-bond acceptors (Lipinski definition) is 3. The third-order valence-electron chi connectivity index (χ3n) is 1.93. The molecule has 0 unspecified atom stereocenters. The topological polar surface area (TPSA) is 49.8 Å². The van der Waals surface area contributed by atoms with E-state index < -0.39 is 0 Å². The Morgan fingerprint density at radius 1 is 1.42 bits per heavy atom. The van der Waals surface area contributed by atoms with Gasteiger partial charge in [-0.25, -0.2) is 4.79 Å². The fourth-order valence-corrected chi connectivity index (χ4v) is 1.22. The Labute approximate surface area is 72.1 Å². The molecule has 0 spiro atoms. The molecule has 4 nitrogen and oxygen atoms in total. The van der Waals surface area contributed by atoms with Crippen LogP contribution >= 0.6 is 0 Å². The van der Waals surface area contributed by atoms with E-state index in [-0.39, 0.29) is 12.7 Å². The molecule has 0 bridgehead atoms. The monoisotopic (exact) mass is 173 g/mol. The average Bonchev–Trinajstić information content (AvgIpc) is 2.46. The summed E-state index contributed by atoms with van der Waals surface area (Å²) in [6, 6.07) is 0. The Morgan fingerprint density at radius 3 is 2.83 bits per heavy atom. The molecule has 0 aliphatic carbocycles. The van der Waals surface area contributed by atoms with Crippen LogP contribution in [0.2, 0.25) is 0 Å². The van der Waals surface area contributed by atoms with Crippen molar-refractivity contribution in [2.24, 2.45) is 0 Å². The molecular weight excluding hydrogens is 158 g/mol. The van der Waals surface area contributed by atoms with Crippen LogP contribution in [0.4, 0.5) is 4.79 Å². The van der Waals surface area contributed by atoms with E-state index in [2.05, 4.69) is 0 Å². The highest BCUT2D eigenvalue weighted by molar-refractivity contribution is 5.69. The quantitative estimate of drug-likeness (QED) is 0.619. The molecule has 0 radical (unpaired) electrons. The van der Waals surface area contributed by atoms with Gasteiger partial charge < -0.3 is 14.7 Å². The number of cyclic esters (lactones) is 1. The molecule has 1 aliphatic rings. The van der Waals surface area contributed by atoms with Crippen LogP contribution < -0.4 is 0 Å². The predicted molar refractivity (Wildman–Crippen MR) is 43.9 cm³/mol. The minimum Gasteiger partial charge on any atom is -0.448 e. The molecule has 0 aromatic carbocycles. The second kappa shape index (κ2) is 4.98. The lowest BCUT2D eigenvalue weighted by atomic mass is 10.2. The maximum Gasteiger partial charge on any atom is 0.409 e. The van der Waals surface area contributed by atoms with Gasteiger partial charge in [0.25, 0.3) is 0 Å². The van der Waals surface area contributed by atoms with Gasteiger partial charge in [-0.3, -0.25) is 0 Å². The Bertz CT molecular complexity index is 149. The first-order valence-electron chi connectivity index (χ1n) is 4.37. The number of hydrogen-bond donors (Lipinski definition) is 1. The van der Waals surface area contributed by atoms with E-state index in [0.29, 0.717) is 6.61 Å². The SMILES string of the molecule is O=C1OCCN1CCCCCO. The van der Waals surface area contributed by atoms with Gasteiger partial charge in [0.2, 0.25) is 0 Å². The minimum atomic E-state index is -0.195. The second-order valence-electron chi connectivity index (χ2n) is 2.89. The maximum absolute atomic E-state index is 10.9. The summed E-state index contributed by atoms with van der Waals surface area (Å²) in [4.78, 5) is 12.6. The number of carbonyl (C=O) groups is 1. The molecule has 1 saturated heterocycles. The summed E-state index contributed by atoms with van der Waals surface area (Å²) in [5, 5.41) is 8.50. The van der Waals surface area contributed by atoms with E-state index in [1.807, 2.05) is 0 Å². The van der Waals surface area contributed by atoms with Crippen molar-refractivity contribution < 1.29 is 14.6 Å². The van der Waals surface area contributed by atoms with Gasteiger partial charge in [0.15, 0.2) is 0 Å². The standard InChI is InChI=1S/C8H15NO3/c10-6-3-1-2-4-9-5-7-12-8(9)11/h10H,1-7H2. The summed E-state index contributed by atoms with van der Waals surface area (Å²) < 4.78 is 4.76. The van der Waals surface area contributed by atoms with Gasteiger partial charge in [0, 0.05) is 13.2 Å². The molecule has 1 amide bonds. The lowest BCUT2D eigenvalue weighted by molar-refractivity contribution is 0.158. The maximum atomic E-state index is 10.9. The van der Waals surface area contributed by atoms with Crippen molar-refractivity contribution in [2.75, 3.05) is 26.3 Å². The molecule has 1 N–H and O–H groups in total. The zero-order valence-electron chi connectivity index (χ0n) is 7.16. The number of aliphatic hydroxyl groups excluding tert-OH is 1. The van der Waals surface area contributed by atoms with Crippen LogP contribution in [0.5, 0.6) is 0 Å². The first kappa shape index (κ1) is 9.32. The molecular formula is C8H15NO3. The van der Waals surface area contributed by atoms with Crippen LogP contribution in [0, 0.1) is 0 Å². The van der Waals surface area contributed by atoms with Gasteiger partial charge in [-0.05, 0) is 19.3 Å². The minimum absolute atomic E-state index is 0.195. The number of unbranched alkanes of at least 4 members (excludes halogenated alkanes) is 2. The highest BCUT2D eigenvalue weighted by Crippen LogP contribution is 2.05. The van der Waals surface area contributed by atoms with Crippen molar-refractivity contribution in [2.45, 2.75) is 19.3 Å². The van der Waals surface area contributed by atoms with E-state index in [0.717, 1.165) is 32.4 Å². The molecule has 0 saturated carbocycles. The molecule has 1 fully saturated rings. The molecule has 12 heavy (non-hydrogen) atoms.